The number of ether oxygens (including phenoxy) is 2. The Labute approximate surface area is 148 Å². The lowest BCUT2D eigenvalue weighted by atomic mass is 9.90. The number of rotatable bonds is 7. The molecule has 0 saturated carbocycles. The normalized spacial score (nSPS) is 13.3. The Balaban J connectivity index is 2.27. The van der Waals surface area contributed by atoms with Gasteiger partial charge in [0.25, 0.3) is 5.91 Å². The van der Waals surface area contributed by atoms with Crippen molar-refractivity contribution in [3.63, 3.8) is 0 Å². The van der Waals surface area contributed by atoms with Crippen LogP contribution in [-0.2, 0) is 24.7 Å². The highest BCUT2D eigenvalue weighted by Crippen LogP contribution is 2.32. The average Bonchev–Trinajstić information content (AvgIpc) is 2.65. The van der Waals surface area contributed by atoms with Crippen molar-refractivity contribution >= 4 is 22.6 Å². The lowest BCUT2D eigenvalue weighted by molar-refractivity contribution is -0.171. The third kappa shape index (κ3) is 3.82. The highest BCUT2D eigenvalue weighted by atomic mass is 16.6. The number of carbonyl (C=O) groups excluding carboxylic acids is 2. The van der Waals surface area contributed by atoms with E-state index in [0.29, 0.717) is 18.7 Å². The Hall–Kier alpha value is -2.40. The molecule has 0 N–H and O–H groups in total. The molecule has 1 atom stereocenters. The molecular formula is C20H25NO4. The zero-order valence-corrected chi connectivity index (χ0v) is 15.2. The fourth-order valence-corrected chi connectivity index (χ4v) is 2.88. The Morgan fingerprint density at radius 2 is 1.68 bits per heavy atom. The summed E-state index contributed by atoms with van der Waals surface area (Å²) in [6.45, 7) is 6.32. The third-order valence-corrected chi connectivity index (χ3v) is 4.54. The van der Waals surface area contributed by atoms with Gasteiger partial charge in [0.2, 0.25) is 0 Å². The van der Waals surface area contributed by atoms with Gasteiger partial charge in [0.1, 0.15) is 0 Å². The van der Waals surface area contributed by atoms with Gasteiger partial charge in [-0.2, -0.15) is 0 Å². The first-order valence-corrected chi connectivity index (χ1v) is 8.46. The van der Waals surface area contributed by atoms with E-state index in [-0.39, 0.29) is 12.5 Å². The summed E-state index contributed by atoms with van der Waals surface area (Å²) in [5.74, 6) is -0.790. The summed E-state index contributed by atoms with van der Waals surface area (Å²) in [5, 5.41) is 1.93. The number of benzene rings is 2. The Bertz CT molecular complexity index is 749. The van der Waals surface area contributed by atoms with E-state index in [1.165, 1.54) is 7.11 Å². The summed E-state index contributed by atoms with van der Waals surface area (Å²) in [5.41, 5.74) is -0.571. The minimum atomic E-state index is -1.29. The molecule has 0 radical (unpaired) electrons. The van der Waals surface area contributed by atoms with Gasteiger partial charge in [-0.25, -0.2) is 4.79 Å². The molecule has 2 rings (SSSR count). The van der Waals surface area contributed by atoms with Gasteiger partial charge in [-0.3, -0.25) is 4.79 Å². The number of nitrogens with zero attached hydrogens (tertiary/aromatic N) is 1. The fourth-order valence-electron chi connectivity index (χ4n) is 2.88. The number of likely N-dealkylation sites (N-methyl/N-ethyl adjacent to an activating group) is 1. The maximum absolute atomic E-state index is 12.7. The molecule has 1 unspecified atom stereocenters. The van der Waals surface area contributed by atoms with Crippen molar-refractivity contribution in [1.29, 1.82) is 0 Å². The number of hydrogen-bond donors (Lipinski definition) is 0. The topological polar surface area (TPSA) is 55.8 Å². The first-order chi connectivity index (χ1) is 12.0. The van der Waals surface area contributed by atoms with Crippen molar-refractivity contribution in [3.8, 4) is 0 Å². The predicted octanol–water partition coefficient (Wildman–Crippen LogP) is 3.11. The van der Waals surface area contributed by atoms with Crippen molar-refractivity contribution in [2.24, 2.45) is 0 Å². The van der Waals surface area contributed by atoms with Crippen LogP contribution < -0.4 is 0 Å². The van der Waals surface area contributed by atoms with Gasteiger partial charge in [-0.1, -0.05) is 42.5 Å². The highest BCUT2D eigenvalue weighted by molar-refractivity contribution is 5.93. The van der Waals surface area contributed by atoms with E-state index in [1.807, 2.05) is 56.3 Å². The van der Waals surface area contributed by atoms with Crippen LogP contribution in [0.2, 0.25) is 0 Å². The van der Waals surface area contributed by atoms with Crippen LogP contribution in [-0.4, -0.2) is 43.6 Å². The smallest absolute Gasteiger partial charge is 0.343 e. The maximum atomic E-state index is 12.7. The molecule has 5 heteroatoms. The monoisotopic (exact) mass is 343 g/mol. The molecule has 0 aliphatic heterocycles. The number of hydrogen-bond acceptors (Lipinski definition) is 4. The zero-order valence-electron chi connectivity index (χ0n) is 15.2. The minimum Gasteiger partial charge on any atom is -0.453 e. The van der Waals surface area contributed by atoms with Crippen LogP contribution in [0.3, 0.4) is 0 Å². The second kappa shape index (κ2) is 8.12. The quantitative estimate of drug-likeness (QED) is 0.725. The molecule has 0 bridgehead atoms. The van der Waals surface area contributed by atoms with Gasteiger partial charge in [0.15, 0.2) is 12.2 Å². The summed E-state index contributed by atoms with van der Waals surface area (Å²) in [4.78, 5) is 26.4. The Morgan fingerprint density at radius 1 is 1.04 bits per heavy atom. The molecular weight excluding hydrogens is 318 g/mol. The molecule has 25 heavy (non-hydrogen) atoms. The van der Waals surface area contributed by atoms with Crippen molar-refractivity contribution in [2.45, 2.75) is 26.4 Å². The molecule has 0 aliphatic rings. The van der Waals surface area contributed by atoms with Crippen LogP contribution in [0.15, 0.2) is 42.5 Å². The van der Waals surface area contributed by atoms with Crippen LogP contribution in [0.4, 0.5) is 0 Å². The van der Waals surface area contributed by atoms with Crippen LogP contribution in [0.25, 0.3) is 10.8 Å². The van der Waals surface area contributed by atoms with Gasteiger partial charge in [0.05, 0.1) is 0 Å². The molecule has 0 aromatic heterocycles. The van der Waals surface area contributed by atoms with E-state index in [4.69, 9.17) is 9.47 Å². The van der Waals surface area contributed by atoms with Gasteiger partial charge in [-0.05, 0) is 31.5 Å². The predicted molar refractivity (Wildman–Crippen MR) is 97.2 cm³/mol. The van der Waals surface area contributed by atoms with Crippen LogP contribution in [0, 0.1) is 0 Å². The molecule has 1 amide bonds. The van der Waals surface area contributed by atoms with Crippen molar-refractivity contribution in [2.75, 3.05) is 26.8 Å². The van der Waals surface area contributed by atoms with Crippen molar-refractivity contribution in [1.82, 2.24) is 4.90 Å². The lowest BCUT2D eigenvalue weighted by Crippen LogP contribution is -2.40. The first-order valence-electron chi connectivity index (χ1n) is 8.46. The molecule has 0 saturated heterocycles. The van der Waals surface area contributed by atoms with Gasteiger partial charge in [0, 0.05) is 25.8 Å². The highest BCUT2D eigenvalue weighted by Gasteiger charge is 2.38. The summed E-state index contributed by atoms with van der Waals surface area (Å²) >= 11 is 0. The van der Waals surface area contributed by atoms with E-state index in [9.17, 15) is 9.59 Å². The second-order valence-electron chi connectivity index (χ2n) is 5.91. The molecule has 5 nitrogen and oxygen atoms in total. The van der Waals surface area contributed by atoms with E-state index in [2.05, 4.69) is 0 Å². The number of methoxy groups -OCH3 is 1. The molecule has 134 valence electrons. The van der Waals surface area contributed by atoms with E-state index >= 15 is 0 Å². The van der Waals surface area contributed by atoms with Gasteiger partial charge < -0.3 is 14.4 Å². The zero-order chi connectivity index (χ0) is 18.4. The SMILES string of the molecule is CCN(CC)C(=O)COC(=O)C(C)(OC)c1cccc2ccccc12. The molecule has 2 aromatic carbocycles. The van der Waals surface area contributed by atoms with Crippen LogP contribution >= 0.6 is 0 Å². The molecule has 0 aliphatic carbocycles. The van der Waals surface area contributed by atoms with Crippen molar-refractivity contribution in [3.05, 3.63) is 48.0 Å². The first kappa shape index (κ1) is 18.9. The van der Waals surface area contributed by atoms with E-state index in [0.717, 1.165) is 10.8 Å². The number of amides is 1. The molecule has 0 fully saturated rings. The van der Waals surface area contributed by atoms with Crippen LogP contribution in [0.5, 0.6) is 0 Å². The summed E-state index contributed by atoms with van der Waals surface area (Å²) < 4.78 is 10.8. The number of carbonyl (C=O) groups is 2. The lowest BCUT2D eigenvalue weighted by Gasteiger charge is -2.28. The summed E-state index contributed by atoms with van der Waals surface area (Å²) in [6, 6.07) is 13.5. The molecule has 2 aromatic rings. The number of esters is 1. The third-order valence-electron chi connectivity index (χ3n) is 4.54. The average molecular weight is 343 g/mol. The van der Waals surface area contributed by atoms with Gasteiger partial charge >= 0.3 is 5.97 Å². The van der Waals surface area contributed by atoms with E-state index in [1.54, 1.807) is 11.8 Å². The van der Waals surface area contributed by atoms with Crippen LogP contribution in [0.1, 0.15) is 26.3 Å². The van der Waals surface area contributed by atoms with Gasteiger partial charge in [-0.15, -0.1) is 0 Å². The van der Waals surface area contributed by atoms with E-state index < -0.39 is 11.6 Å². The fraction of sp³-hybridized carbons (Fsp3) is 0.400. The summed E-state index contributed by atoms with van der Waals surface area (Å²) in [6.07, 6.45) is 0. The van der Waals surface area contributed by atoms with Crippen molar-refractivity contribution < 1.29 is 19.1 Å². The Kier molecular flexibility index (Phi) is 6.15. The second-order valence-corrected chi connectivity index (χ2v) is 5.91. The largest absolute Gasteiger partial charge is 0.453 e. The molecule has 0 heterocycles. The standard InChI is InChI=1S/C20H25NO4/c1-5-21(6-2)18(22)14-25-19(23)20(3,24-4)17-13-9-11-15-10-7-8-12-16(15)17/h7-13H,5-6,14H2,1-4H3. The Morgan fingerprint density at radius 3 is 2.32 bits per heavy atom. The maximum Gasteiger partial charge on any atom is 0.343 e. The summed E-state index contributed by atoms with van der Waals surface area (Å²) in [7, 11) is 1.47. The minimum absolute atomic E-state index is 0.213. The number of fused-ring (bicyclic) bond motifs is 1. The molecule has 0 spiro atoms.